The van der Waals surface area contributed by atoms with Crippen molar-refractivity contribution in [2.24, 2.45) is 4.99 Å². The van der Waals surface area contributed by atoms with Crippen LogP contribution in [-0.2, 0) is 9.53 Å². The third-order valence-corrected chi connectivity index (χ3v) is 7.57. The molecule has 0 amide bonds. The summed E-state index contributed by atoms with van der Waals surface area (Å²) in [5, 5.41) is 1.95. The molecule has 0 spiro atoms. The van der Waals surface area contributed by atoms with Crippen molar-refractivity contribution in [3.8, 4) is 0 Å². The highest BCUT2D eigenvalue weighted by molar-refractivity contribution is 7.10. The normalized spacial score (nSPS) is 15.9. The van der Waals surface area contributed by atoms with Gasteiger partial charge in [0.05, 0.1) is 22.4 Å². The number of thiazole rings is 1. The Hall–Kier alpha value is -3.49. The summed E-state index contributed by atoms with van der Waals surface area (Å²) in [7, 11) is 0. The molecule has 1 aromatic carbocycles. The highest BCUT2D eigenvalue weighted by atomic mass is 32.1. The first kappa shape index (κ1) is 22.3. The number of nitrogens with one attached hydrogen (secondary N) is 1. The molecule has 1 N–H and O–H groups in total. The summed E-state index contributed by atoms with van der Waals surface area (Å²) >= 11 is 2.84. The number of aryl methyl sites for hydroxylation is 2. The number of esters is 1. The fourth-order valence-electron chi connectivity index (χ4n) is 4.19. The van der Waals surface area contributed by atoms with Gasteiger partial charge in [-0.05, 0) is 49.9 Å². The van der Waals surface area contributed by atoms with Gasteiger partial charge in [0.1, 0.15) is 6.04 Å². The maximum Gasteiger partial charge on any atom is 0.338 e. The molecular formula is C26H23N3O3S2. The van der Waals surface area contributed by atoms with Crippen LogP contribution in [0.2, 0.25) is 0 Å². The zero-order valence-corrected chi connectivity index (χ0v) is 20.6. The highest BCUT2D eigenvalue weighted by Gasteiger charge is 2.35. The van der Waals surface area contributed by atoms with Gasteiger partial charge in [-0.2, -0.15) is 0 Å². The number of rotatable bonds is 5. The van der Waals surface area contributed by atoms with E-state index in [0.717, 1.165) is 27.4 Å². The Labute approximate surface area is 204 Å². The fraction of sp³-hybridized carbons (Fsp3) is 0.192. The summed E-state index contributed by atoms with van der Waals surface area (Å²) in [6.45, 7) is 5.98. The number of hydrogen-bond donors (Lipinski definition) is 1. The molecule has 1 atom stereocenters. The van der Waals surface area contributed by atoms with Crippen molar-refractivity contribution >= 4 is 40.4 Å². The molecule has 3 aromatic heterocycles. The van der Waals surface area contributed by atoms with E-state index in [0.29, 0.717) is 20.6 Å². The van der Waals surface area contributed by atoms with E-state index in [1.54, 1.807) is 11.5 Å². The first-order valence-corrected chi connectivity index (χ1v) is 12.7. The van der Waals surface area contributed by atoms with Crippen molar-refractivity contribution in [3.63, 3.8) is 0 Å². The molecule has 0 bridgehead atoms. The summed E-state index contributed by atoms with van der Waals surface area (Å²) in [4.78, 5) is 36.6. The smallest absolute Gasteiger partial charge is 0.338 e. The van der Waals surface area contributed by atoms with E-state index in [-0.39, 0.29) is 12.2 Å². The van der Waals surface area contributed by atoms with Gasteiger partial charge in [0.2, 0.25) is 0 Å². The van der Waals surface area contributed by atoms with Gasteiger partial charge in [0, 0.05) is 21.8 Å². The van der Waals surface area contributed by atoms with Gasteiger partial charge in [-0.1, -0.05) is 47.7 Å². The lowest BCUT2D eigenvalue weighted by atomic mass is 9.97. The number of aromatic amines is 1. The van der Waals surface area contributed by atoms with Gasteiger partial charge >= 0.3 is 5.97 Å². The van der Waals surface area contributed by atoms with Crippen LogP contribution < -0.4 is 14.9 Å². The van der Waals surface area contributed by atoms with Gasteiger partial charge in [-0.3, -0.25) is 9.36 Å². The molecule has 0 unspecified atom stereocenters. The molecule has 0 aliphatic carbocycles. The lowest BCUT2D eigenvalue weighted by Gasteiger charge is -2.24. The van der Waals surface area contributed by atoms with Crippen molar-refractivity contribution in [1.29, 1.82) is 0 Å². The zero-order valence-electron chi connectivity index (χ0n) is 19.0. The van der Waals surface area contributed by atoms with Crippen LogP contribution in [0, 0.1) is 13.8 Å². The van der Waals surface area contributed by atoms with Crippen LogP contribution in [-0.4, -0.2) is 22.1 Å². The fourth-order valence-corrected chi connectivity index (χ4v) is 6.01. The predicted octanol–water partition coefficient (Wildman–Crippen LogP) is 3.94. The van der Waals surface area contributed by atoms with E-state index in [1.165, 1.54) is 22.7 Å². The number of carbonyl (C=O) groups excluding carboxylic acids is 1. The SMILES string of the molecule is CCOC(=O)C1=C(c2ccccc2)N=c2sc(=Cc3cc(C)[nH]c3C)c(=O)n2[C@H]1c1cccs1. The van der Waals surface area contributed by atoms with Gasteiger partial charge in [0.15, 0.2) is 4.80 Å². The molecule has 4 heterocycles. The first-order chi connectivity index (χ1) is 16.5. The quantitative estimate of drug-likeness (QED) is 0.432. The second-order valence-electron chi connectivity index (χ2n) is 7.98. The second kappa shape index (κ2) is 9.04. The van der Waals surface area contributed by atoms with Crippen LogP contribution in [0.15, 0.2) is 69.3 Å². The van der Waals surface area contributed by atoms with E-state index >= 15 is 0 Å². The molecule has 6 nitrogen and oxygen atoms in total. The Morgan fingerprint density at radius 1 is 1.21 bits per heavy atom. The number of aromatic nitrogens is 2. The largest absolute Gasteiger partial charge is 0.463 e. The van der Waals surface area contributed by atoms with Crippen molar-refractivity contribution < 1.29 is 9.53 Å². The van der Waals surface area contributed by atoms with E-state index in [1.807, 2.05) is 73.8 Å². The maximum atomic E-state index is 13.7. The van der Waals surface area contributed by atoms with Gasteiger partial charge in [-0.15, -0.1) is 11.3 Å². The average molecular weight is 490 g/mol. The molecule has 0 saturated heterocycles. The monoisotopic (exact) mass is 489 g/mol. The molecule has 1 aliphatic rings. The molecular weight excluding hydrogens is 466 g/mol. The van der Waals surface area contributed by atoms with Crippen LogP contribution in [0.1, 0.15) is 40.4 Å². The third-order valence-electron chi connectivity index (χ3n) is 5.66. The molecule has 34 heavy (non-hydrogen) atoms. The van der Waals surface area contributed by atoms with Gasteiger partial charge in [0.25, 0.3) is 5.56 Å². The van der Waals surface area contributed by atoms with E-state index < -0.39 is 12.0 Å². The Kier molecular flexibility index (Phi) is 5.93. The minimum atomic E-state index is -0.610. The van der Waals surface area contributed by atoms with Crippen molar-refractivity contribution in [1.82, 2.24) is 9.55 Å². The van der Waals surface area contributed by atoms with Crippen LogP contribution in [0.5, 0.6) is 0 Å². The van der Waals surface area contributed by atoms with Crippen molar-refractivity contribution in [2.45, 2.75) is 26.8 Å². The van der Waals surface area contributed by atoms with E-state index in [4.69, 9.17) is 9.73 Å². The second-order valence-corrected chi connectivity index (χ2v) is 9.97. The standard InChI is InChI=1S/C26H23N3O3S2/c1-4-32-25(31)21-22(17-9-6-5-7-10-17)28-26-29(23(21)19-11-8-12-33-19)24(30)20(34-26)14-18-13-15(2)27-16(18)3/h5-14,23,27H,4H2,1-3H3/t23-/m0/s1. The number of ether oxygens (including phenoxy) is 1. The van der Waals surface area contributed by atoms with Crippen molar-refractivity contribution in [2.75, 3.05) is 6.61 Å². The highest BCUT2D eigenvalue weighted by Crippen LogP contribution is 2.36. The molecule has 0 radical (unpaired) electrons. The minimum absolute atomic E-state index is 0.172. The molecule has 4 aromatic rings. The number of carbonyl (C=O) groups is 1. The Bertz CT molecular complexity index is 1570. The van der Waals surface area contributed by atoms with Gasteiger partial charge < -0.3 is 9.72 Å². The molecule has 8 heteroatoms. The van der Waals surface area contributed by atoms with E-state index in [2.05, 4.69) is 4.98 Å². The zero-order chi connectivity index (χ0) is 23.8. The Morgan fingerprint density at radius 2 is 2.00 bits per heavy atom. The first-order valence-electron chi connectivity index (χ1n) is 11.0. The number of fused-ring (bicyclic) bond motifs is 1. The predicted molar refractivity (Wildman–Crippen MR) is 136 cm³/mol. The lowest BCUT2D eigenvalue weighted by Crippen LogP contribution is -2.39. The molecule has 0 saturated carbocycles. The van der Waals surface area contributed by atoms with E-state index in [9.17, 15) is 9.59 Å². The summed E-state index contributed by atoms with van der Waals surface area (Å²) in [6, 6.07) is 14.9. The summed E-state index contributed by atoms with van der Waals surface area (Å²) in [5.74, 6) is -0.463. The minimum Gasteiger partial charge on any atom is -0.463 e. The van der Waals surface area contributed by atoms with Crippen molar-refractivity contribution in [3.05, 3.63) is 107 Å². The summed E-state index contributed by atoms with van der Waals surface area (Å²) in [5.41, 5.74) is 4.54. The lowest BCUT2D eigenvalue weighted by molar-refractivity contribution is -0.138. The van der Waals surface area contributed by atoms with Crippen LogP contribution in [0.4, 0.5) is 0 Å². The van der Waals surface area contributed by atoms with Crippen LogP contribution in [0.3, 0.4) is 0 Å². The summed E-state index contributed by atoms with van der Waals surface area (Å²) in [6.07, 6.45) is 1.89. The molecule has 5 rings (SSSR count). The van der Waals surface area contributed by atoms with Crippen LogP contribution >= 0.6 is 22.7 Å². The number of H-pyrrole nitrogens is 1. The van der Waals surface area contributed by atoms with Gasteiger partial charge in [-0.25, -0.2) is 9.79 Å². The third kappa shape index (κ3) is 3.89. The number of thiophene rings is 1. The molecule has 172 valence electrons. The topological polar surface area (TPSA) is 76.4 Å². The summed E-state index contributed by atoms with van der Waals surface area (Å²) < 4.78 is 7.67. The Balaban J connectivity index is 1.83. The maximum absolute atomic E-state index is 13.7. The number of hydrogen-bond acceptors (Lipinski definition) is 6. The van der Waals surface area contributed by atoms with Crippen LogP contribution in [0.25, 0.3) is 11.8 Å². The number of nitrogens with zero attached hydrogens (tertiary/aromatic N) is 2. The number of benzene rings is 1. The Morgan fingerprint density at radius 3 is 2.65 bits per heavy atom. The average Bonchev–Trinajstić information content (AvgIpc) is 3.54. The molecule has 1 aliphatic heterocycles. The molecule has 0 fully saturated rings.